The third-order valence-corrected chi connectivity index (χ3v) is 9.00. The summed E-state index contributed by atoms with van der Waals surface area (Å²) < 4.78 is 25.7. The molecule has 4 rings (SSSR count). The molecule has 8 nitrogen and oxygen atoms in total. The number of aryl methyl sites for hydroxylation is 1. The molecule has 1 aromatic heterocycles. The van der Waals surface area contributed by atoms with Crippen LogP contribution in [-0.4, -0.2) is 60.2 Å². The molecule has 3 aromatic rings. The van der Waals surface area contributed by atoms with Crippen LogP contribution in [0.25, 0.3) is 11.1 Å². The van der Waals surface area contributed by atoms with Crippen molar-refractivity contribution in [1.29, 1.82) is 0 Å². The number of anilines is 1. The highest BCUT2D eigenvalue weighted by atomic mass is 32.2. The Balaban J connectivity index is 1.35. The lowest BCUT2D eigenvalue weighted by molar-refractivity contribution is 0.0980. The minimum Gasteiger partial charge on any atom is -0.506 e. The van der Waals surface area contributed by atoms with Crippen LogP contribution in [0.5, 0.6) is 5.75 Å². The number of benzene rings is 2. The Morgan fingerprint density at radius 3 is 2.24 bits per heavy atom. The number of sulfonamides is 1. The third kappa shape index (κ3) is 6.34. The molecule has 0 unspecified atom stereocenters. The zero-order chi connectivity index (χ0) is 27.5. The van der Waals surface area contributed by atoms with Crippen molar-refractivity contribution in [3.63, 3.8) is 0 Å². The molecule has 2 N–H and O–H groups in total. The molecule has 1 aliphatic heterocycles. The molecule has 202 valence electrons. The first kappa shape index (κ1) is 27.6. The number of amides is 1. The molecule has 38 heavy (non-hydrogen) atoms. The average molecular weight is 537 g/mol. The maximum atomic E-state index is 12.5. The minimum absolute atomic E-state index is 0.161. The standard InChI is InChI=1S/C29H36N4O4S/c1-5-21-16-23(25-17-27(34)19-30-18-25)6-7-24(21)20-32-12-14-33(15-13-32)26-10-8-22(9-11-26)28(35)31-38(36,37)29(2,3)4/h6-11,16-19,34H,5,12-15,20H2,1-4H3,(H,31,35). The fraction of sp³-hybridized carbons (Fsp3) is 0.379. The van der Waals surface area contributed by atoms with Gasteiger partial charge in [0.25, 0.3) is 5.91 Å². The average Bonchev–Trinajstić information content (AvgIpc) is 2.88. The highest BCUT2D eigenvalue weighted by Crippen LogP contribution is 2.26. The summed E-state index contributed by atoms with van der Waals surface area (Å²) in [5.74, 6) is -0.455. The lowest BCUT2D eigenvalue weighted by Gasteiger charge is -2.36. The largest absolute Gasteiger partial charge is 0.506 e. The second-order valence-corrected chi connectivity index (χ2v) is 13.1. The van der Waals surface area contributed by atoms with Crippen molar-refractivity contribution in [2.75, 3.05) is 31.1 Å². The first-order valence-electron chi connectivity index (χ1n) is 12.9. The lowest BCUT2D eigenvalue weighted by Crippen LogP contribution is -2.46. The van der Waals surface area contributed by atoms with Crippen LogP contribution >= 0.6 is 0 Å². The van der Waals surface area contributed by atoms with Crippen molar-refractivity contribution in [1.82, 2.24) is 14.6 Å². The van der Waals surface area contributed by atoms with Crippen LogP contribution in [0, 0.1) is 0 Å². The summed E-state index contributed by atoms with van der Waals surface area (Å²) in [4.78, 5) is 21.3. The van der Waals surface area contributed by atoms with Crippen molar-refractivity contribution in [3.05, 3.63) is 77.6 Å². The number of aromatic hydroxyl groups is 1. The summed E-state index contributed by atoms with van der Waals surface area (Å²) >= 11 is 0. The predicted molar refractivity (Wildman–Crippen MR) is 151 cm³/mol. The van der Waals surface area contributed by atoms with Gasteiger partial charge in [0, 0.05) is 55.7 Å². The van der Waals surface area contributed by atoms with E-state index in [0.29, 0.717) is 5.56 Å². The Bertz CT molecular complexity index is 1390. The van der Waals surface area contributed by atoms with Crippen LogP contribution in [-0.2, 0) is 23.0 Å². The van der Waals surface area contributed by atoms with Crippen LogP contribution in [0.15, 0.2) is 60.9 Å². The van der Waals surface area contributed by atoms with Gasteiger partial charge >= 0.3 is 0 Å². The number of aromatic nitrogens is 1. The molecule has 2 heterocycles. The van der Waals surface area contributed by atoms with Crippen molar-refractivity contribution < 1.29 is 18.3 Å². The van der Waals surface area contributed by atoms with Gasteiger partial charge in [-0.1, -0.05) is 25.1 Å². The summed E-state index contributed by atoms with van der Waals surface area (Å²) in [6.07, 6.45) is 4.12. The molecule has 2 aromatic carbocycles. The first-order chi connectivity index (χ1) is 18.0. The Hall–Kier alpha value is -3.43. The summed E-state index contributed by atoms with van der Waals surface area (Å²) in [5.41, 5.74) is 5.87. The van der Waals surface area contributed by atoms with Crippen molar-refractivity contribution >= 4 is 21.6 Å². The van der Waals surface area contributed by atoms with E-state index in [9.17, 15) is 18.3 Å². The molecule has 1 aliphatic rings. The molecule has 0 radical (unpaired) electrons. The first-order valence-corrected chi connectivity index (χ1v) is 14.4. The quantitative estimate of drug-likeness (QED) is 0.467. The summed E-state index contributed by atoms with van der Waals surface area (Å²) in [6, 6.07) is 15.3. The number of carbonyl (C=O) groups is 1. The number of hydrogen-bond acceptors (Lipinski definition) is 7. The Labute approximate surface area is 225 Å². The van der Waals surface area contributed by atoms with Crippen LogP contribution in [0.1, 0.15) is 49.2 Å². The van der Waals surface area contributed by atoms with Gasteiger partial charge in [-0.25, -0.2) is 13.1 Å². The third-order valence-electron chi connectivity index (χ3n) is 6.94. The molecule has 0 bridgehead atoms. The van der Waals surface area contributed by atoms with Crippen molar-refractivity contribution in [2.45, 2.75) is 45.4 Å². The van der Waals surface area contributed by atoms with Gasteiger partial charge in [-0.05, 0) is 74.2 Å². The summed E-state index contributed by atoms with van der Waals surface area (Å²) in [6.45, 7) is 11.2. The zero-order valence-electron chi connectivity index (χ0n) is 22.4. The number of rotatable bonds is 7. The topological polar surface area (TPSA) is 103 Å². The van der Waals surface area contributed by atoms with Crippen LogP contribution in [0.4, 0.5) is 5.69 Å². The Morgan fingerprint density at radius 2 is 1.63 bits per heavy atom. The zero-order valence-corrected chi connectivity index (χ0v) is 23.3. The van der Waals surface area contributed by atoms with Gasteiger partial charge in [-0.3, -0.25) is 14.7 Å². The molecule has 0 spiro atoms. The molecule has 1 amide bonds. The second kappa shape index (κ2) is 11.1. The van der Waals surface area contributed by atoms with E-state index in [0.717, 1.165) is 56.0 Å². The maximum Gasteiger partial charge on any atom is 0.264 e. The summed E-state index contributed by atoms with van der Waals surface area (Å²) in [5, 5.41) is 9.77. The van der Waals surface area contributed by atoms with E-state index >= 15 is 0 Å². The predicted octanol–water partition coefficient (Wildman–Crippen LogP) is 4.20. The van der Waals surface area contributed by atoms with Gasteiger partial charge in [0.2, 0.25) is 10.0 Å². The fourth-order valence-corrected chi connectivity index (χ4v) is 5.11. The van der Waals surface area contributed by atoms with Gasteiger partial charge in [-0.2, -0.15) is 0 Å². The molecular weight excluding hydrogens is 500 g/mol. The lowest BCUT2D eigenvalue weighted by atomic mass is 9.98. The summed E-state index contributed by atoms with van der Waals surface area (Å²) in [7, 11) is -3.76. The molecule has 9 heteroatoms. The van der Waals surface area contributed by atoms with Crippen LogP contribution in [0.3, 0.4) is 0 Å². The number of hydrogen-bond donors (Lipinski definition) is 2. The van der Waals surface area contributed by atoms with E-state index < -0.39 is 20.7 Å². The van der Waals surface area contributed by atoms with E-state index in [1.54, 1.807) is 45.2 Å². The van der Waals surface area contributed by atoms with Gasteiger partial charge in [0.1, 0.15) is 5.75 Å². The number of carbonyl (C=O) groups excluding carboxylic acids is 1. The number of pyridine rings is 1. The molecular formula is C29H36N4O4S. The molecule has 1 fully saturated rings. The molecule has 0 saturated carbocycles. The maximum absolute atomic E-state index is 12.5. The van der Waals surface area contributed by atoms with Gasteiger partial charge in [0.05, 0.1) is 10.9 Å². The van der Waals surface area contributed by atoms with Gasteiger partial charge < -0.3 is 10.0 Å². The van der Waals surface area contributed by atoms with Crippen LogP contribution < -0.4 is 9.62 Å². The number of piperazine rings is 1. The van der Waals surface area contributed by atoms with E-state index in [1.165, 1.54) is 17.3 Å². The second-order valence-electron chi connectivity index (χ2n) is 10.6. The highest BCUT2D eigenvalue weighted by Gasteiger charge is 2.31. The Morgan fingerprint density at radius 1 is 0.947 bits per heavy atom. The fourth-order valence-electron chi connectivity index (χ4n) is 4.44. The van der Waals surface area contributed by atoms with Crippen molar-refractivity contribution in [3.8, 4) is 16.9 Å². The smallest absolute Gasteiger partial charge is 0.264 e. The number of nitrogens with one attached hydrogen (secondary N) is 1. The van der Waals surface area contributed by atoms with Crippen LogP contribution in [0.2, 0.25) is 0 Å². The van der Waals surface area contributed by atoms with Crippen molar-refractivity contribution in [2.24, 2.45) is 0 Å². The van der Waals surface area contributed by atoms with Gasteiger partial charge in [-0.15, -0.1) is 0 Å². The van der Waals surface area contributed by atoms with E-state index in [2.05, 4.69) is 44.6 Å². The molecule has 0 aliphatic carbocycles. The van der Waals surface area contributed by atoms with Gasteiger partial charge in [0.15, 0.2) is 0 Å². The van der Waals surface area contributed by atoms with E-state index in [1.807, 2.05) is 12.1 Å². The molecule has 0 atom stereocenters. The minimum atomic E-state index is -3.76. The van der Waals surface area contributed by atoms with E-state index in [4.69, 9.17) is 0 Å². The molecule has 1 saturated heterocycles. The highest BCUT2D eigenvalue weighted by molar-refractivity contribution is 7.91. The normalized spacial score (nSPS) is 14.9. The Kier molecular flexibility index (Phi) is 8.08. The number of nitrogens with zero attached hydrogens (tertiary/aromatic N) is 3. The van der Waals surface area contributed by atoms with E-state index in [-0.39, 0.29) is 5.75 Å². The SMILES string of the molecule is CCc1cc(-c2cncc(O)c2)ccc1CN1CCN(c2ccc(C(=O)NS(=O)(=O)C(C)(C)C)cc2)CC1. The monoisotopic (exact) mass is 536 g/mol.